The third kappa shape index (κ3) is 10.8. The first-order valence-electron chi connectivity index (χ1n) is 23.8. The molecule has 4 aliphatic heterocycles. The van der Waals surface area contributed by atoms with E-state index in [0.29, 0.717) is 89.2 Å². The zero-order valence-electron chi connectivity index (χ0n) is 38.1. The van der Waals surface area contributed by atoms with Crippen molar-refractivity contribution >= 4 is 40.7 Å². The topological polar surface area (TPSA) is 109 Å². The van der Waals surface area contributed by atoms with Crippen LogP contribution < -0.4 is 15.5 Å². The van der Waals surface area contributed by atoms with Gasteiger partial charge >= 0.3 is 0 Å². The average molecular weight is 926 g/mol. The highest BCUT2D eigenvalue weighted by molar-refractivity contribution is 5.99. The molecule has 0 saturated carbocycles. The van der Waals surface area contributed by atoms with Gasteiger partial charge in [0.25, 0.3) is 0 Å². The van der Waals surface area contributed by atoms with E-state index in [1.54, 1.807) is 21.9 Å². The maximum absolute atomic E-state index is 14.4. The Morgan fingerprint density at radius 3 is 1.32 bits per heavy atom. The van der Waals surface area contributed by atoms with Crippen molar-refractivity contribution in [3.05, 3.63) is 162 Å². The maximum atomic E-state index is 14.4. The third-order valence-corrected chi connectivity index (χ3v) is 13.8. The van der Waals surface area contributed by atoms with Crippen LogP contribution in [0.5, 0.6) is 0 Å². The number of hydrogen-bond donors (Lipinski definition) is 2. The summed E-state index contributed by atoms with van der Waals surface area (Å²) in [4.78, 5) is 65.1. The molecule has 9 rings (SSSR count). The summed E-state index contributed by atoms with van der Waals surface area (Å²) in [7, 11) is 0. The molecule has 6 atom stereocenters. The molecule has 4 heterocycles. The van der Waals surface area contributed by atoms with Crippen LogP contribution in [0, 0.1) is 5.82 Å². The van der Waals surface area contributed by atoms with Crippen LogP contribution in [0.2, 0.25) is 0 Å². The second-order valence-corrected chi connectivity index (χ2v) is 18.5. The van der Waals surface area contributed by atoms with Gasteiger partial charge in [-0.15, -0.1) is 0 Å². The van der Waals surface area contributed by atoms with E-state index in [2.05, 4.69) is 15.5 Å². The lowest BCUT2D eigenvalue weighted by Gasteiger charge is -2.33. The van der Waals surface area contributed by atoms with E-state index in [4.69, 9.17) is 0 Å². The highest BCUT2D eigenvalue weighted by Crippen LogP contribution is 2.34. The lowest BCUT2D eigenvalue weighted by Crippen LogP contribution is -2.48. The van der Waals surface area contributed by atoms with Crippen molar-refractivity contribution in [3.63, 3.8) is 0 Å². The molecule has 0 radical (unpaired) electrons. The molecule has 5 aromatic carbocycles. The van der Waals surface area contributed by atoms with Crippen molar-refractivity contribution in [2.24, 2.45) is 0 Å². The van der Waals surface area contributed by atoms with Gasteiger partial charge in [-0.1, -0.05) is 84.9 Å². The number of nitrogens with one attached hydrogen (secondary N) is 2. The molecule has 0 aromatic heterocycles. The SMILES string of the molecule is O=C(Nc1ccc(CN(Cc2ccc(NC(=O)[C@@H]3CCCN3C(=O)[C@H](c3ccccc3)N3CC[C@@H](F)C3)cc2)c2ccc(F)cc2)cc1)C1CCCN1C(=O)C(c1ccccc1)N1CC[C@@H](F)C1. The number of carbonyl (C=O) groups is 4. The Kier molecular flexibility index (Phi) is 14.5. The van der Waals surface area contributed by atoms with Gasteiger partial charge in [-0.05, 0) is 109 Å². The summed E-state index contributed by atoms with van der Waals surface area (Å²) in [5, 5.41) is 6.05. The molecular weight excluding hydrogens is 868 g/mol. The summed E-state index contributed by atoms with van der Waals surface area (Å²) in [6, 6.07) is 37.5. The lowest BCUT2D eigenvalue weighted by atomic mass is 10.0. The normalized spacial score (nSPS) is 21.7. The molecule has 4 fully saturated rings. The number of likely N-dealkylation sites (tertiary alicyclic amines) is 4. The van der Waals surface area contributed by atoms with E-state index in [-0.39, 0.29) is 42.5 Å². The number of amides is 4. The molecule has 2 unspecified atom stereocenters. The summed E-state index contributed by atoms with van der Waals surface area (Å²) in [5.41, 5.74) is 5.44. The Labute approximate surface area is 395 Å². The molecule has 11 nitrogen and oxygen atoms in total. The van der Waals surface area contributed by atoms with Crippen molar-refractivity contribution < 1.29 is 32.3 Å². The zero-order chi connectivity index (χ0) is 47.1. The number of rotatable bonds is 15. The van der Waals surface area contributed by atoms with Crippen molar-refractivity contribution in [2.45, 2.75) is 88.1 Å². The Balaban J connectivity index is 0.832. The van der Waals surface area contributed by atoms with Gasteiger partial charge in [0.1, 0.15) is 42.3 Å². The zero-order valence-corrected chi connectivity index (χ0v) is 38.1. The molecule has 5 aromatic rings. The van der Waals surface area contributed by atoms with Gasteiger partial charge in [0, 0.05) is 69.4 Å². The second kappa shape index (κ2) is 21.2. The minimum absolute atomic E-state index is 0.180. The van der Waals surface area contributed by atoms with Gasteiger partial charge in [-0.2, -0.15) is 0 Å². The first-order valence-corrected chi connectivity index (χ1v) is 23.8. The van der Waals surface area contributed by atoms with Gasteiger partial charge in [-0.25, -0.2) is 13.2 Å². The van der Waals surface area contributed by atoms with Crippen LogP contribution in [-0.2, 0) is 32.3 Å². The molecule has 354 valence electrons. The Hall–Kier alpha value is -6.51. The quantitative estimate of drug-likeness (QED) is 0.109. The molecule has 68 heavy (non-hydrogen) atoms. The van der Waals surface area contributed by atoms with E-state index in [9.17, 15) is 32.3 Å². The molecule has 14 heteroatoms. The maximum Gasteiger partial charge on any atom is 0.247 e. The Bertz CT molecular complexity index is 2370. The first-order chi connectivity index (χ1) is 33.1. The lowest BCUT2D eigenvalue weighted by molar-refractivity contribution is -0.141. The predicted molar refractivity (Wildman–Crippen MR) is 256 cm³/mol. The number of benzene rings is 5. The number of anilines is 3. The van der Waals surface area contributed by atoms with Crippen LogP contribution in [-0.4, -0.2) is 107 Å². The fourth-order valence-electron chi connectivity index (χ4n) is 10.3. The van der Waals surface area contributed by atoms with Crippen LogP contribution in [0.15, 0.2) is 133 Å². The largest absolute Gasteiger partial charge is 0.363 e. The molecule has 4 saturated heterocycles. The highest BCUT2D eigenvalue weighted by Gasteiger charge is 2.43. The minimum atomic E-state index is -0.991. The van der Waals surface area contributed by atoms with E-state index in [1.807, 2.05) is 119 Å². The predicted octanol–water partition coefficient (Wildman–Crippen LogP) is 8.46. The molecule has 0 aliphatic carbocycles. The fraction of sp³-hybridized carbons (Fsp3) is 0.370. The summed E-state index contributed by atoms with van der Waals surface area (Å²) >= 11 is 0. The number of hydrogen-bond acceptors (Lipinski definition) is 7. The monoisotopic (exact) mass is 925 g/mol. The van der Waals surface area contributed by atoms with Crippen LogP contribution >= 0.6 is 0 Å². The van der Waals surface area contributed by atoms with Gasteiger partial charge in [-0.3, -0.25) is 29.0 Å². The number of alkyl halides is 2. The molecule has 0 bridgehead atoms. The molecule has 4 amide bonds. The van der Waals surface area contributed by atoms with Crippen LogP contribution in [0.25, 0.3) is 0 Å². The average Bonchev–Trinajstić information content (AvgIpc) is 4.20. The van der Waals surface area contributed by atoms with E-state index < -0.39 is 36.5 Å². The number of halogens is 3. The second-order valence-electron chi connectivity index (χ2n) is 18.5. The highest BCUT2D eigenvalue weighted by atomic mass is 19.1. The first kappa shape index (κ1) is 46.6. The third-order valence-electron chi connectivity index (χ3n) is 13.8. The standard InChI is InChI=1S/C54H58F3N7O4/c55-41-19-25-46(26-20-41)62(33-37-15-21-44(22-16-37)58-51(65)47-13-7-29-63(47)53(67)49(39-9-3-1-4-10-39)60-31-27-42(56)35-60)34-38-17-23-45(24-18-38)59-52(66)48-14-8-30-64(48)54(68)50(40-11-5-2-6-12-40)61-32-28-43(57)36-61/h1-6,9-12,15-26,42-43,47-50H,7-8,13-14,27-36H2,(H,58,65)(H,59,66)/t42-,43-,47+,48?,49+,50?/m1/s1. The number of nitrogens with zero attached hydrogens (tertiary/aromatic N) is 5. The van der Waals surface area contributed by atoms with Crippen molar-refractivity contribution in [1.29, 1.82) is 0 Å². The van der Waals surface area contributed by atoms with Crippen molar-refractivity contribution in [1.82, 2.24) is 19.6 Å². The molecule has 2 N–H and O–H groups in total. The fourth-order valence-corrected chi connectivity index (χ4v) is 10.3. The van der Waals surface area contributed by atoms with E-state index in [1.165, 1.54) is 12.1 Å². The van der Waals surface area contributed by atoms with Gasteiger partial charge < -0.3 is 25.3 Å². The Morgan fingerprint density at radius 1 is 0.529 bits per heavy atom. The van der Waals surface area contributed by atoms with Gasteiger partial charge in [0.15, 0.2) is 0 Å². The van der Waals surface area contributed by atoms with Crippen molar-refractivity contribution in [3.8, 4) is 0 Å². The van der Waals surface area contributed by atoms with Gasteiger partial charge in [0.05, 0.1) is 0 Å². The van der Waals surface area contributed by atoms with Crippen LogP contribution in [0.1, 0.15) is 72.9 Å². The number of carbonyl (C=O) groups excluding carboxylic acids is 4. The molecular formula is C54H58F3N7O4. The minimum Gasteiger partial charge on any atom is -0.363 e. The summed E-state index contributed by atoms with van der Waals surface area (Å²) < 4.78 is 42.8. The van der Waals surface area contributed by atoms with Gasteiger partial charge in [0.2, 0.25) is 23.6 Å². The van der Waals surface area contributed by atoms with Crippen LogP contribution in [0.4, 0.5) is 30.2 Å². The van der Waals surface area contributed by atoms with Crippen LogP contribution in [0.3, 0.4) is 0 Å². The van der Waals surface area contributed by atoms with E-state index >= 15 is 0 Å². The molecule has 0 spiro atoms. The summed E-state index contributed by atoms with van der Waals surface area (Å²) in [6.45, 7) is 3.12. The smallest absolute Gasteiger partial charge is 0.247 e. The summed E-state index contributed by atoms with van der Waals surface area (Å²) in [6.07, 6.45) is 1.20. The van der Waals surface area contributed by atoms with E-state index in [0.717, 1.165) is 27.9 Å². The Morgan fingerprint density at radius 2 is 0.941 bits per heavy atom. The van der Waals surface area contributed by atoms with Crippen molar-refractivity contribution in [2.75, 3.05) is 54.8 Å². The summed E-state index contributed by atoms with van der Waals surface area (Å²) in [5.74, 6) is -1.26. The molecule has 4 aliphatic rings.